The van der Waals surface area contributed by atoms with E-state index in [9.17, 15) is 19.2 Å². The fourth-order valence-corrected chi connectivity index (χ4v) is 7.46. The van der Waals surface area contributed by atoms with Crippen LogP contribution < -0.4 is 10.6 Å². The molecule has 5 radical (unpaired) electrons. The second-order valence-electron chi connectivity index (χ2n) is 11.8. The molecule has 44 heavy (non-hydrogen) atoms. The maximum absolute atomic E-state index is 12.3. The molecule has 1 heterocycles. The van der Waals surface area contributed by atoms with Crippen LogP contribution in [0.2, 0.25) is 0 Å². The highest BCUT2D eigenvalue weighted by Gasteiger charge is 2.32. The van der Waals surface area contributed by atoms with Crippen molar-refractivity contribution in [3.05, 3.63) is 43.3 Å². The summed E-state index contributed by atoms with van der Waals surface area (Å²) in [7, 11) is 4.12. The Balaban J connectivity index is 1.29. The highest BCUT2D eigenvalue weighted by Crippen LogP contribution is 2.31. The highest BCUT2D eigenvalue weighted by molar-refractivity contribution is 8.76. The van der Waals surface area contributed by atoms with E-state index in [1.807, 2.05) is 6.42 Å². The molecule has 0 aromatic heterocycles. The molecule has 2 rings (SSSR count). The zero-order chi connectivity index (χ0) is 31.7. The van der Waals surface area contributed by atoms with Crippen molar-refractivity contribution in [2.24, 2.45) is 0 Å². The summed E-state index contributed by atoms with van der Waals surface area (Å²) < 4.78 is 0. The largest absolute Gasteiger partial charge is 0.356 e. The minimum Gasteiger partial charge on any atom is -0.356 e. The van der Waals surface area contributed by atoms with E-state index in [4.69, 9.17) is 0 Å². The van der Waals surface area contributed by atoms with Gasteiger partial charge in [0, 0.05) is 55.6 Å². The van der Waals surface area contributed by atoms with E-state index in [2.05, 4.69) is 39.1 Å². The van der Waals surface area contributed by atoms with Gasteiger partial charge in [0.15, 0.2) is 0 Å². The Morgan fingerprint density at radius 3 is 1.77 bits per heavy atom. The van der Waals surface area contributed by atoms with Gasteiger partial charge in [-0.05, 0) is 38.5 Å². The average Bonchev–Trinajstić information content (AvgIpc) is 3.63. The first-order chi connectivity index (χ1) is 21.5. The Bertz CT molecular complexity index is 836. The van der Waals surface area contributed by atoms with Crippen LogP contribution in [0.25, 0.3) is 0 Å². The molecule has 1 saturated carbocycles. The minimum atomic E-state index is -0.361. The summed E-state index contributed by atoms with van der Waals surface area (Å²) in [6.07, 6.45) is 30.6. The molecule has 0 unspecified atom stereocenters. The predicted octanol–water partition coefficient (Wildman–Crippen LogP) is 7.34. The quantitative estimate of drug-likeness (QED) is 0.0525. The Hall–Kier alpha value is -1.48. The summed E-state index contributed by atoms with van der Waals surface area (Å²) in [6.45, 7) is 3.00. The van der Waals surface area contributed by atoms with Gasteiger partial charge in [0.1, 0.15) is 0 Å². The van der Waals surface area contributed by atoms with Gasteiger partial charge in [0.25, 0.3) is 11.8 Å². The van der Waals surface area contributed by atoms with Crippen LogP contribution in [0.3, 0.4) is 0 Å². The first-order valence-corrected chi connectivity index (χ1v) is 19.6. The summed E-state index contributed by atoms with van der Waals surface area (Å²) >= 11 is 0. The number of nitrogens with zero attached hydrogens (tertiary/aromatic N) is 1. The number of hydrogen-bond acceptors (Lipinski definition) is 6. The maximum Gasteiger partial charge on any atom is 0.253 e. The zero-order valence-electron chi connectivity index (χ0n) is 27.0. The Morgan fingerprint density at radius 1 is 0.682 bits per heavy atom. The standard InChI is InChI=1S/C35H56N3O4S2/c1-2-3-4-5-6-8-11-14-17-26-43-44-27-18-15-12-9-7-10-13-16-19-32(39)37-29-30-20-21-31(28-30)35(42)36-24-25-38-33(40)22-23-34(38)41/h20-23,28H,2-19,24-27,29H2,1H3,(H,36,42)(H,37,39). The van der Waals surface area contributed by atoms with Crippen molar-refractivity contribution in [3.63, 3.8) is 0 Å². The van der Waals surface area contributed by atoms with Crippen molar-refractivity contribution in [1.29, 1.82) is 0 Å². The monoisotopic (exact) mass is 646 g/mol. The SMILES string of the molecule is CCCCCCCCCCCSSCCCCCCCCCCC(=O)NC[C]1[CH][CH][C](C(=O)NCCN2C(=O)C=CC2=O)[CH]1. The van der Waals surface area contributed by atoms with Crippen molar-refractivity contribution in [2.75, 3.05) is 31.1 Å². The molecule has 4 amide bonds. The molecule has 2 aliphatic rings. The molecule has 0 spiro atoms. The van der Waals surface area contributed by atoms with Crippen molar-refractivity contribution in [2.45, 2.75) is 122 Å². The Morgan fingerprint density at radius 2 is 1.20 bits per heavy atom. The molecular formula is C35H56N3O4S2. The lowest BCUT2D eigenvalue weighted by atomic mass is 10.0. The van der Waals surface area contributed by atoms with E-state index in [0.717, 1.165) is 23.7 Å². The molecule has 1 aliphatic heterocycles. The molecule has 1 fully saturated rings. The van der Waals surface area contributed by atoms with E-state index in [1.54, 1.807) is 12.8 Å². The first-order valence-electron chi connectivity index (χ1n) is 17.1. The third-order valence-electron chi connectivity index (χ3n) is 7.89. The van der Waals surface area contributed by atoms with Gasteiger partial charge in [-0.15, -0.1) is 0 Å². The number of nitrogens with one attached hydrogen (secondary N) is 2. The lowest BCUT2D eigenvalue weighted by Crippen LogP contribution is -2.39. The van der Waals surface area contributed by atoms with Crippen molar-refractivity contribution < 1.29 is 19.2 Å². The van der Waals surface area contributed by atoms with Gasteiger partial charge in [-0.2, -0.15) is 0 Å². The lowest BCUT2D eigenvalue weighted by molar-refractivity contribution is -0.137. The summed E-state index contributed by atoms with van der Waals surface area (Å²) in [5, 5.41) is 5.66. The van der Waals surface area contributed by atoms with Gasteiger partial charge in [-0.25, -0.2) is 0 Å². The van der Waals surface area contributed by atoms with Crippen LogP contribution in [0.5, 0.6) is 0 Å². The zero-order valence-corrected chi connectivity index (χ0v) is 28.7. The third kappa shape index (κ3) is 18.5. The van der Waals surface area contributed by atoms with Gasteiger partial charge < -0.3 is 10.6 Å². The Kier molecular flexibility index (Phi) is 22.6. The number of carbonyl (C=O) groups is 4. The number of rotatable bonds is 28. The fraction of sp³-hybridized carbons (Fsp3) is 0.686. The van der Waals surface area contributed by atoms with Crippen LogP contribution in [-0.4, -0.2) is 59.7 Å². The number of carbonyl (C=O) groups excluding carboxylic acids is 4. The van der Waals surface area contributed by atoms with E-state index in [-0.39, 0.29) is 36.7 Å². The molecule has 9 heteroatoms. The van der Waals surface area contributed by atoms with Crippen molar-refractivity contribution in [1.82, 2.24) is 15.5 Å². The van der Waals surface area contributed by atoms with E-state index >= 15 is 0 Å². The topological polar surface area (TPSA) is 95.6 Å². The van der Waals surface area contributed by atoms with Crippen LogP contribution in [0.1, 0.15) is 122 Å². The minimum absolute atomic E-state index is 0.0407. The molecule has 1 aliphatic carbocycles. The van der Waals surface area contributed by atoms with Gasteiger partial charge in [-0.1, -0.05) is 118 Å². The number of amides is 4. The summed E-state index contributed by atoms with van der Waals surface area (Å²) in [5.74, 6) is 2.99. The highest BCUT2D eigenvalue weighted by atomic mass is 33.1. The summed E-state index contributed by atoms with van der Waals surface area (Å²) in [5.41, 5.74) is 0. The second kappa shape index (κ2) is 25.7. The molecular weight excluding hydrogens is 591 g/mol. The van der Waals surface area contributed by atoms with Crippen LogP contribution in [-0.2, 0) is 19.2 Å². The molecule has 2 N–H and O–H groups in total. The second-order valence-corrected chi connectivity index (χ2v) is 14.5. The molecule has 0 aromatic carbocycles. The smallest absolute Gasteiger partial charge is 0.253 e. The maximum atomic E-state index is 12.3. The van der Waals surface area contributed by atoms with E-state index < -0.39 is 0 Å². The third-order valence-corrected chi connectivity index (χ3v) is 10.5. The fourth-order valence-electron chi connectivity index (χ4n) is 5.16. The normalized spacial score (nSPS) is 15.5. The van der Waals surface area contributed by atoms with Crippen LogP contribution >= 0.6 is 21.6 Å². The van der Waals surface area contributed by atoms with E-state index in [0.29, 0.717) is 18.9 Å². The molecule has 0 bridgehead atoms. The molecule has 0 saturated heterocycles. The van der Waals surface area contributed by atoms with Gasteiger partial charge in [0.05, 0.1) is 5.92 Å². The van der Waals surface area contributed by atoms with Crippen molar-refractivity contribution >= 4 is 45.2 Å². The Labute approximate surface area is 276 Å². The van der Waals surface area contributed by atoms with Crippen LogP contribution in [0, 0.1) is 31.1 Å². The summed E-state index contributed by atoms with van der Waals surface area (Å²) in [6, 6.07) is 0. The molecule has 0 atom stereocenters. The van der Waals surface area contributed by atoms with Gasteiger partial charge in [-0.3, -0.25) is 24.1 Å². The number of unbranched alkanes of at least 4 members (excludes halogenated alkanes) is 15. The van der Waals surface area contributed by atoms with Crippen LogP contribution in [0.4, 0.5) is 0 Å². The first kappa shape index (κ1) is 38.7. The molecule has 247 valence electrons. The van der Waals surface area contributed by atoms with E-state index in [1.165, 1.54) is 120 Å². The van der Waals surface area contributed by atoms with Gasteiger partial charge in [0.2, 0.25) is 11.8 Å². The number of hydrogen-bond donors (Lipinski definition) is 2. The average molecular weight is 647 g/mol. The molecule has 0 aromatic rings. The lowest BCUT2D eigenvalue weighted by Gasteiger charge is -2.15. The van der Waals surface area contributed by atoms with Crippen molar-refractivity contribution in [3.8, 4) is 0 Å². The summed E-state index contributed by atoms with van der Waals surface area (Å²) in [4.78, 5) is 48.8. The molecule has 7 nitrogen and oxygen atoms in total. The van der Waals surface area contributed by atoms with Crippen LogP contribution in [0.15, 0.2) is 12.2 Å². The predicted molar refractivity (Wildman–Crippen MR) is 185 cm³/mol. The number of imide groups is 1. The van der Waals surface area contributed by atoms with Gasteiger partial charge >= 0.3 is 0 Å².